The summed E-state index contributed by atoms with van der Waals surface area (Å²) in [4.78, 5) is 4.90. The van der Waals surface area contributed by atoms with Crippen LogP contribution in [0.2, 0.25) is 5.02 Å². The number of hydrogen-bond donors (Lipinski definition) is 1. The van der Waals surface area contributed by atoms with Gasteiger partial charge in [0, 0.05) is 16.1 Å². The van der Waals surface area contributed by atoms with Crippen LogP contribution in [0.15, 0.2) is 71.7 Å². The predicted octanol–water partition coefficient (Wildman–Crippen LogP) is 7.19. The van der Waals surface area contributed by atoms with Crippen molar-refractivity contribution >= 4 is 39.8 Å². The van der Waals surface area contributed by atoms with Gasteiger partial charge < -0.3 is 9.47 Å². The third-order valence-electron chi connectivity index (χ3n) is 5.09. The van der Waals surface area contributed by atoms with E-state index in [0.29, 0.717) is 10.7 Å². The third kappa shape index (κ3) is 6.15. The number of thioether (sulfide) groups is 1. The number of benzene rings is 3. The summed E-state index contributed by atoms with van der Waals surface area (Å²) < 4.78 is 10.7. The van der Waals surface area contributed by atoms with Gasteiger partial charge in [-0.3, -0.25) is 5.41 Å². The molecule has 4 nitrogen and oxygen atoms in total. The van der Waals surface area contributed by atoms with Crippen molar-refractivity contribution in [3.63, 3.8) is 0 Å². The molecule has 3 aromatic rings. The zero-order valence-electron chi connectivity index (χ0n) is 18.5. The zero-order chi connectivity index (χ0) is 22.9. The Hall–Kier alpha value is -2.76. The molecule has 0 aliphatic rings. The molecule has 0 heterocycles. The first kappa shape index (κ1) is 23.9. The lowest BCUT2D eigenvalue weighted by Crippen LogP contribution is -2.02. The average Bonchev–Trinajstić information content (AvgIpc) is 2.83. The van der Waals surface area contributed by atoms with Crippen LogP contribution in [0.4, 0.5) is 5.69 Å². The molecule has 3 aromatic carbocycles. The van der Waals surface area contributed by atoms with Crippen LogP contribution in [0.5, 0.6) is 11.5 Å². The number of nitrogens with zero attached hydrogens (tertiary/aromatic N) is 1. The lowest BCUT2D eigenvalue weighted by molar-refractivity contribution is 0.354. The van der Waals surface area contributed by atoms with Crippen molar-refractivity contribution in [3.05, 3.63) is 88.4 Å². The fourth-order valence-electron chi connectivity index (χ4n) is 3.37. The number of methoxy groups -OCH3 is 2. The van der Waals surface area contributed by atoms with Crippen molar-refractivity contribution in [2.24, 2.45) is 4.99 Å². The molecule has 0 atom stereocenters. The van der Waals surface area contributed by atoms with Gasteiger partial charge in [0.05, 0.1) is 30.7 Å². The second-order valence-corrected chi connectivity index (χ2v) is 8.47. The fraction of sp³-hybridized carbons (Fsp3) is 0.231. The first-order chi connectivity index (χ1) is 15.5. The van der Waals surface area contributed by atoms with Crippen LogP contribution >= 0.6 is 23.4 Å². The standard InChI is InChI=1S/C26H27ClN2O2S/c1-30-23-16-11-18(17-24(23)31-2)7-6-10-25(32-3)29-22-9-5-4-8-21(22)26(28)19-12-14-20(27)15-13-19/h4-5,8-9,11-17,28H,6-7,10H2,1-3H3. The highest BCUT2D eigenvalue weighted by Crippen LogP contribution is 2.29. The maximum atomic E-state index is 8.66. The number of ether oxygens (including phenoxy) is 2. The molecule has 0 spiro atoms. The highest BCUT2D eigenvalue weighted by Gasteiger charge is 2.11. The second-order valence-electron chi connectivity index (χ2n) is 7.15. The Bertz CT molecular complexity index is 1100. The van der Waals surface area contributed by atoms with Crippen molar-refractivity contribution in [1.29, 1.82) is 5.41 Å². The molecular weight excluding hydrogens is 440 g/mol. The lowest BCUT2D eigenvalue weighted by Gasteiger charge is -2.11. The molecular formula is C26H27ClN2O2S. The van der Waals surface area contributed by atoms with Crippen LogP contribution in [0.25, 0.3) is 0 Å². The minimum absolute atomic E-state index is 0.437. The summed E-state index contributed by atoms with van der Waals surface area (Å²) in [5.74, 6) is 1.49. The number of rotatable bonds is 9. The predicted molar refractivity (Wildman–Crippen MR) is 137 cm³/mol. The van der Waals surface area contributed by atoms with E-state index in [4.69, 9.17) is 31.5 Å². The van der Waals surface area contributed by atoms with Crippen LogP contribution in [-0.2, 0) is 6.42 Å². The number of halogens is 1. The Morgan fingerprint density at radius 3 is 2.38 bits per heavy atom. The van der Waals surface area contributed by atoms with Crippen molar-refractivity contribution in [2.45, 2.75) is 19.3 Å². The van der Waals surface area contributed by atoms with E-state index in [1.54, 1.807) is 38.1 Å². The summed E-state index contributed by atoms with van der Waals surface area (Å²) in [6, 6.07) is 21.2. The highest BCUT2D eigenvalue weighted by molar-refractivity contribution is 8.13. The third-order valence-corrected chi connectivity index (χ3v) is 6.11. The van der Waals surface area contributed by atoms with E-state index in [-0.39, 0.29) is 0 Å². The number of hydrogen-bond acceptors (Lipinski definition) is 5. The summed E-state index contributed by atoms with van der Waals surface area (Å²) in [5, 5.41) is 10.4. The fourth-order valence-corrected chi connectivity index (χ4v) is 4.04. The Labute approximate surface area is 199 Å². The molecule has 0 aromatic heterocycles. The molecule has 3 rings (SSSR count). The lowest BCUT2D eigenvalue weighted by atomic mass is 10.0. The normalized spacial score (nSPS) is 11.3. The average molecular weight is 467 g/mol. The molecule has 1 N–H and O–H groups in total. The maximum Gasteiger partial charge on any atom is 0.160 e. The van der Waals surface area contributed by atoms with Gasteiger partial charge in [-0.05, 0) is 61.4 Å². The van der Waals surface area contributed by atoms with E-state index >= 15 is 0 Å². The number of aliphatic imine (C=N–C) groups is 1. The SMILES string of the molecule is COc1ccc(CCCC(=Nc2ccccc2C(=N)c2ccc(Cl)cc2)SC)cc1OC. The topological polar surface area (TPSA) is 54.7 Å². The van der Waals surface area contributed by atoms with Gasteiger partial charge in [0.25, 0.3) is 0 Å². The van der Waals surface area contributed by atoms with Crippen molar-refractivity contribution < 1.29 is 9.47 Å². The Balaban J connectivity index is 1.73. The van der Waals surface area contributed by atoms with Crippen LogP contribution < -0.4 is 9.47 Å². The summed E-state index contributed by atoms with van der Waals surface area (Å²) in [6.45, 7) is 0. The van der Waals surface area contributed by atoms with Crippen LogP contribution in [0.3, 0.4) is 0 Å². The first-order valence-electron chi connectivity index (χ1n) is 10.3. The molecule has 0 fully saturated rings. The molecule has 0 saturated heterocycles. The van der Waals surface area contributed by atoms with Gasteiger partial charge in [0.15, 0.2) is 11.5 Å². The van der Waals surface area contributed by atoms with E-state index in [9.17, 15) is 0 Å². The van der Waals surface area contributed by atoms with Gasteiger partial charge in [-0.1, -0.05) is 48.0 Å². The highest BCUT2D eigenvalue weighted by atomic mass is 35.5. The van der Waals surface area contributed by atoms with Crippen molar-refractivity contribution in [1.82, 2.24) is 0 Å². The quantitative estimate of drug-likeness (QED) is 0.268. The molecule has 0 aliphatic heterocycles. The summed E-state index contributed by atoms with van der Waals surface area (Å²) in [5.41, 5.74) is 4.07. The van der Waals surface area contributed by atoms with E-state index in [1.807, 2.05) is 54.8 Å². The van der Waals surface area contributed by atoms with E-state index < -0.39 is 0 Å². The van der Waals surface area contributed by atoms with Gasteiger partial charge in [0.1, 0.15) is 0 Å². The van der Waals surface area contributed by atoms with Gasteiger partial charge in [0.2, 0.25) is 0 Å². The minimum Gasteiger partial charge on any atom is -0.493 e. The molecule has 0 amide bonds. The minimum atomic E-state index is 0.437. The zero-order valence-corrected chi connectivity index (χ0v) is 20.1. The molecule has 0 unspecified atom stereocenters. The van der Waals surface area contributed by atoms with Gasteiger partial charge in [-0.15, -0.1) is 11.8 Å². The molecule has 32 heavy (non-hydrogen) atoms. The van der Waals surface area contributed by atoms with E-state index in [2.05, 4.69) is 6.07 Å². The van der Waals surface area contributed by atoms with Crippen LogP contribution in [-0.4, -0.2) is 31.2 Å². The molecule has 0 bridgehead atoms. The summed E-state index contributed by atoms with van der Waals surface area (Å²) >= 11 is 7.65. The van der Waals surface area contributed by atoms with Crippen LogP contribution in [0, 0.1) is 5.41 Å². The van der Waals surface area contributed by atoms with Gasteiger partial charge >= 0.3 is 0 Å². The van der Waals surface area contributed by atoms with Gasteiger partial charge in [-0.25, -0.2) is 4.99 Å². The summed E-state index contributed by atoms with van der Waals surface area (Å²) in [6.07, 6.45) is 4.79. The molecule has 0 aliphatic carbocycles. The van der Waals surface area contributed by atoms with Crippen LogP contribution in [0.1, 0.15) is 29.5 Å². The Morgan fingerprint density at radius 1 is 0.969 bits per heavy atom. The first-order valence-corrected chi connectivity index (χ1v) is 11.9. The Kier molecular flexibility index (Phi) is 8.77. The van der Waals surface area contributed by atoms with Gasteiger partial charge in [-0.2, -0.15) is 0 Å². The molecule has 6 heteroatoms. The molecule has 166 valence electrons. The smallest absolute Gasteiger partial charge is 0.160 e. The number of para-hydroxylation sites is 1. The Morgan fingerprint density at radius 2 is 1.69 bits per heavy atom. The van der Waals surface area contributed by atoms with E-state index in [1.165, 1.54) is 5.56 Å². The number of aryl methyl sites for hydroxylation is 1. The molecule has 0 radical (unpaired) electrons. The largest absolute Gasteiger partial charge is 0.493 e. The van der Waals surface area contributed by atoms with E-state index in [0.717, 1.165) is 52.6 Å². The number of nitrogens with one attached hydrogen (secondary N) is 1. The monoisotopic (exact) mass is 466 g/mol. The van der Waals surface area contributed by atoms with Crippen molar-refractivity contribution in [3.8, 4) is 11.5 Å². The van der Waals surface area contributed by atoms with Crippen molar-refractivity contribution in [2.75, 3.05) is 20.5 Å². The summed E-state index contributed by atoms with van der Waals surface area (Å²) in [7, 11) is 3.29. The second kappa shape index (κ2) is 11.7. The molecule has 0 saturated carbocycles. The maximum absolute atomic E-state index is 8.66.